The van der Waals surface area contributed by atoms with Crippen LogP contribution in [0.1, 0.15) is 23.2 Å². The molecule has 1 atom stereocenters. The molecule has 96 valence electrons. The van der Waals surface area contributed by atoms with Gasteiger partial charge in [0.15, 0.2) is 0 Å². The van der Waals surface area contributed by atoms with Crippen LogP contribution in [0.3, 0.4) is 0 Å². The Labute approximate surface area is 118 Å². The lowest BCUT2D eigenvalue weighted by molar-refractivity contribution is -0.141. The number of amides is 1. The number of aromatic hydroxyl groups is 1. The molecule has 5 nitrogen and oxygen atoms in total. The van der Waals surface area contributed by atoms with E-state index in [1.54, 1.807) is 12.1 Å². The van der Waals surface area contributed by atoms with Gasteiger partial charge in [0.2, 0.25) is 0 Å². The molecule has 0 radical (unpaired) electrons. The van der Waals surface area contributed by atoms with Crippen LogP contribution in [0.15, 0.2) is 18.2 Å². The third-order valence-electron chi connectivity index (χ3n) is 2.99. The first-order chi connectivity index (χ1) is 8.50. The van der Waals surface area contributed by atoms with Crippen molar-refractivity contribution in [1.82, 2.24) is 4.90 Å². The number of benzene rings is 1. The first-order valence-electron chi connectivity index (χ1n) is 5.53. The highest BCUT2D eigenvalue weighted by atomic mass is 127. The van der Waals surface area contributed by atoms with Crippen molar-refractivity contribution in [1.29, 1.82) is 0 Å². The summed E-state index contributed by atoms with van der Waals surface area (Å²) in [5, 5.41) is 18.6. The van der Waals surface area contributed by atoms with E-state index in [4.69, 9.17) is 5.11 Å². The lowest BCUT2D eigenvalue weighted by Crippen LogP contribution is -2.40. The molecule has 0 aromatic heterocycles. The van der Waals surface area contributed by atoms with Gasteiger partial charge in [0, 0.05) is 12.1 Å². The normalized spacial score (nSPS) is 18.9. The summed E-state index contributed by atoms with van der Waals surface area (Å²) in [6, 6.07) is 3.86. The molecule has 1 fully saturated rings. The number of likely N-dealkylation sites (tertiary alicyclic amines) is 1. The summed E-state index contributed by atoms with van der Waals surface area (Å²) >= 11 is 1.96. The first kappa shape index (κ1) is 13.1. The Morgan fingerprint density at radius 1 is 1.39 bits per heavy atom. The predicted molar refractivity (Wildman–Crippen MR) is 72.5 cm³/mol. The highest BCUT2D eigenvalue weighted by Crippen LogP contribution is 2.24. The molecule has 1 aliphatic heterocycles. The minimum atomic E-state index is -0.976. The third kappa shape index (κ3) is 2.43. The molecule has 2 rings (SSSR count). The van der Waals surface area contributed by atoms with Crippen molar-refractivity contribution in [3.63, 3.8) is 0 Å². The molecule has 0 bridgehead atoms. The van der Waals surface area contributed by atoms with Crippen molar-refractivity contribution in [3.8, 4) is 5.75 Å². The van der Waals surface area contributed by atoms with Gasteiger partial charge in [-0.25, -0.2) is 4.79 Å². The number of nitrogens with zero attached hydrogens (tertiary/aromatic N) is 1. The van der Waals surface area contributed by atoms with Gasteiger partial charge in [-0.2, -0.15) is 0 Å². The Morgan fingerprint density at radius 3 is 2.72 bits per heavy atom. The lowest BCUT2D eigenvalue weighted by atomic mass is 10.1. The molecule has 6 heteroatoms. The van der Waals surface area contributed by atoms with Crippen LogP contribution in [0.2, 0.25) is 0 Å². The van der Waals surface area contributed by atoms with E-state index in [9.17, 15) is 14.7 Å². The van der Waals surface area contributed by atoms with Crippen molar-refractivity contribution in [2.24, 2.45) is 0 Å². The SMILES string of the molecule is O=C(O)[C@H]1CCCN1C(=O)c1ccc(I)c(O)c1. The van der Waals surface area contributed by atoms with E-state index in [1.807, 2.05) is 22.6 Å². The molecule has 1 saturated heterocycles. The van der Waals surface area contributed by atoms with Crippen LogP contribution >= 0.6 is 22.6 Å². The van der Waals surface area contributed by atoms with Gasteiger partial charge in [0.1, 0.15) is 11.8 Å². The van der Waals surface area contributed by atoms with Crippen LogP contribution < -0.4 is 0 Å². The van der Waals surface area contributed by atoms with Crippen LogP contribution in [0, 0.1) is 3.57 Å². The average molecular weight is 361 g/mol. The smallest absolute Gasteiger partial charge is 0.326 e. The first-order valence-corrected chi connectivity index (χ1v) is 6.61. The largest absolute Gasteiger partial charge is 0.507 e. The van der Waals surface area contributed by atoms with Gasteiger partial charge in [-0.15, -0.1) is 0 Å². The van der Waals surface area contributed by atoms with Gasteiger partial charge in [-0.1, -0.05) is 0 Å². The van der Waals surface area contributed by atoms with Crippen LogP contribution in [0.25, 0.3) is 0 Å². The summed E-state index contributed by atoms with van der Waals surface area (Å²) in [4.78, 5) is 24.5. The Hall–Kier alpha value is -1.31. The summed E-state index contributed by atoms with van der Waals surface area (Å²) in [5.74, 6) is -1.28. The minimum absolute atomic E-state index is 0.0347. The van der Waals surface area contributed by atoms with Crippen molar-refractivity contribution in [3.05, 3.63) is 27.3 Å². The number of carboxylic acid groups (broad SMARTS) is 1. The van der Waals surface area contributed by atoms with Gasteiger partial charge < -0.3 is 15.1 Å². The number of rotatable bonds is 2. The molecule has 1 heterocycles. The molecule has 18 heavy (non-hydrogen) atoms. The highest BCUT2D eigenvalue weighted by molar-refractivity contribution is 14.1. The van der Waals surface area contributed by atoms with E-state index < -0.39 is 12.0 Å². The summed E-state index contributed by atoms with van der Waals surface area (Å²) in [7, 11) is 0. The molecule has 2 N–H and O–H groups in total. The number of phenols is 1. The maximum absolute atomic E-state index is 12.2. The summed E-state index contributed by atoms with van der Waals surface area (Å²) < 4.78 is 0.653. The molecule has 0 unspecified atom stereocenters. The molecular weight excluding hydrogens is 349 g/mol. The lowest BCUT2D eigenvalue weighted by Gasteiger charge is -2.21. The summed E-state index contributed by atoms with van der Waals surface area (Å²) in [6.45, 7) is 0.447. The third-order valence-corrected chi connectivity index (χ3v) is 3.90. The second-order valence-corrected chi connectivity index (χ2v) is 5.32. The average Bonchev–Trinajstić information content (AvgIpc) is 2.81. The van der Waals surface area contributed by atoms with E-state index in [0.717, 1.165) is 0 Å². The summed E-state index contributed by atoms with van der Waals surface area (Å²) in [6.07, 6.45) is 1.18. The zero-order valence-corrected chi connectivity index (χ0v) is 11.6. The zero-order chi connectivity index (χ0) is 13.3. The monoisotopic (exact) mass is 361 g/mol. The van der Waals surface area contributed by atoms with E-state index >= 15 is 0 Å². The Kier molecular flexibility index (Phi) is 3.74. The van der Waals surface area contributed by atoms with Gasteiger partial charge in [-0.3, -0.25) is 4.79 Å². The molecular formula is C12H12INO4. The highest BCUT2D eigenvalue weighted by Gasteiger charge is 2.34. The van der Waals surface area contributed by atoms with E-state index in [0.29, 0.717) is 28.5 Å². The van der Waals surface area contributed by atoms with Gasteiger partial charge in [-0.05, 0) is 53.6 Å². The Bertz CT molecular complexity index is 503. The van der Waals surface area contributed by atoms with E-state index in [1.165, 1.54) is 11.0 Å². The molecule has 0 saturated carbocycles. The van der Waals surface area contributed by atoms with Crippen molar-refractivity contribution in [2.75, 3.05) is 6.54 Å². The number of carbonyl (C=O) groups excluding carboxylic acids is 1. The van der Waals surface area contributed by atoms with E-state index in [-0.39, 0.29) is 11.7 Å². The number of hydrogen-bond donors (Lipinski definition) is 2. The number of halogens is 1. The van der Waals surface area contributed by atoms with Crippen LogP contribution in [0.4, 0.5) is 0 Å². The fraction of sp³-hybridized carbons (Fsp3) is 0.333. The maximum Gasteiger partial charge on any atom is 0.326 e. The Balaban J connectivity index is 2.25. The molecule has 1 aromatic rings. The van der Waals surface area contributed by atoms with Crippen molar-refractivity contribution in [2.45, 2.75) is 18.9 Å². The van der Waals surface area contributed by atoms with Gasteiger partial charge >= 0.3 is 5.97 Å². The second kappa shape index (κ2) is 5.13. The summed E-state index contributed by atoms with van der Waals surface area (Å²) in [5.41, 5.74) is 0.320. The van der Waals surface area contributed by atoms with E-state index in [2.05, 4.69) is 0 Å². The zero-order valence-electron chi connectivity index (χ0n) is 9.47. The van der Waals surface area contributed by atoms with Crippen LogP contribution in [0.5, 0.6) is 5.75 Å². The van der Waals surface area contributed by atoms with Crippen LogP contribution in [-0.2, 0) is 4.79 Å². The quantitative estimate of drug-likeness (QED) is 0.786. The molecule has 1 aromatic carbocycles. The number of aliphatic carboxylic acids is 1. The fourth-order valence-corrected chi connectivity index (χ4v) is 2.41. The van der Waals surface area contributed by atoms with Gasteiger partial charge in [0.05, 0.1) is 3.57 Å². The Morgan fingerprint density at radius 2 is 2.11 bits per heavy atom. The second-order valence-electron chi connectivity index (χ2n) is 4.16. The number of carboxylic acids is 1. The molecule has 1 amide bonds. The van der Waals surface area contributed by atoms with Crippen LogP contribution in [-0.4, -0.2) is 39.6 Å². The molecule has 0 aliphatic carbocycles. The number of carbonyl (C=O) groups is 2. The van der Waals surface area contributed by atoms with Crippen molar-refractivity contribution >= 4 is 34.5 Å². The van der Waals surface area contributed by atoms with Gasteiger partial charge in [0.25, 0.3) is 5.91 Å². The predicted octanol–water partition coefficient (Wildman–Crippen LogP) is 1.69. The standard InChI is InChI=1S/C12H12INO4/c13-8-4-3-7(6-10(8)15)11(16)14-5-1-2-9(14)12(17)18/h3-4,6,9,15H,1-2,5H2,(H,17,18)/t9-/m1/s1. The molecule has 0 spiro atoms. The number of hydrogen-bond acceptors (Lipinski definition) is 3. The number of phenolic OH excluding ortho intramolecular Hbond substituents is 1. The molecule has 1 aliphatic rings. The minimum Gasteiger partial charge on any atom is -0.507 e. The fourth-order valence-electron chi connectivity index (χ4n) is 2.08. The van der Waals surface area contributed by atoms with Crippen molar-refractivity contribution < 1.29 is 19.8 Å². The maximum atomic E-state index is 12.2. The topological polar surface area (TPSA) is 77.8 Å².